The Hall–Kier alpha value is 0. The Morgan fingerprint density at radius 1 is 0.0820 bits per heavy atom. The minimum absolute atomic E-state index is 1.04. The topological polar surface area (TPSA) is 0 Å². The summed E-state index contributed by atoms with van der Waals surface area (Å²) < 4.78 is 0. The Morgan fingerprint density at radius 3 is 0.230 bits per heavy atom. The van der Waals surface area contributed by atoms with Gasteiger partial charge in [-0.25, -0.2) is 0 Å². The van der Waals surface area contributed by atoms with Gasteiger partial charge >= 0.3 is 0 Å². The van der Waals surface area contributed by atoms with Crippen molar-refractivity contribution in [3.8, 4) is 0 Å². The zero-order valence-electron chi connectivity index (χ0n) is 42.9. The fourth-order valence-corrected chi connectivity index (χ4v) is 11.8. The SMILES string of the molecule is C1CCCCCCCCCCCCCCCCCCCC2CCCCCCCCCCCC(CCCCCCCCCCCCCCCCCCC1)CCCCCCCCC2. The van der Waals surface area contributed by atoms with Crippen molar-refractivity contribution in [2.75, 3.05) is 0 Å². The van der Waals surface area contributed by atoms with Crippen LogP contribution in [0.4, 0.5) is 0 Å². The fraction of sp³-hybridized carbons (Fsp3) is 1.00. The van der Waals surface area contributed by atoms with E-state index in [-0.39, 0.29) is 0 Å². The second-order valence-electron chi connectivity index (χ2n) is 22.2. The maximum absolute atomic E-state index is 1.54. The van der Waals surface area contributed by atoms with Gasteiger partial charge in [-0.3, -0.25) is 0 Å². The summed E-state index contributed by atoms with van der Waals surface area (Å²) >= 11 is 0. The predicted octanol–water partition coefficient (Wildman–Crippen LogP) is 23.3. The Bertz CT molecular complexity index is 721. The quantitative estimate of drug-likeness (QED) is 0.228. The summed E-state index contributed by atoms with van der Waals surface area (Å²) in [6.45, 7) is 0. The van der Waals surface area contributed by atoms with Crippen LogP contribution in [0.2, 0.25) is 0 Å². The van der Waals surface area contributed by atoms with Crippen molar-refractivity contribution < 1.29 is 0 Å². The molecule has 0 heterocycles. The molecule has 0 amide bonds. The molecule has 0 aromatic rings. The minimum Gasteiger partial charge on any atom is -0.0533 e. The lowest BCUT2D eigenvalue weighted by molar-refractivity contribution is 0.358. The van der Waals surface area contributed by atoms with E-state index in [4.69, 9.17) is 0 Å². The van der Waals surface area contributed by atoms with Gasteiger partial charge in [-0.05, 0) is 11.8 Å². The molecule has 0 nitrogen and oxygen atoms in total. The van der Waals surface area contributed by atoms with E-state index in [2.05, 4.69) is 0 Å². The number of hydrogen-bond donors (Lipinski definition) is 0. The van der Waals surface area contributed by atoms with Crippen LogP contribution in [-0.2, 0) is 0 Å². The molecule has 2 unspecified atom stereocenters. The van der Waals surface area contributed by atoms with E-state index < -0.39 is 0 Å². The van der Waals surface area contributed by atoms with Crippen molar-refractivity contribution in [1.29, 1.82) is 0 Å². The van der Waals surface area contributed by atoms with Crippen LogP contribution in [0, 0.1) is 11.8 Å². The van der Waals surface area contributed by atoms with E-state index in [1.807, 2.05) is 0 Å². The lowest BCUT2D eigenvalue weighted by atomic mass is 9.88. The normalized spacial score (nSPS) is 26.8. The monoisotopic (exact) mass is 853 g/mol. The summed E-state index contributed by atoms with van der Waals surface area (Å²) in [4.78, 5) is 0. The molecule has 2 fully saturated rings. The van der Waals surface area contributed by atoms with Gasteiger partial charge in [-0.15, -0.1) is 0 Å². The van der Waals surface area contributed by atoms with Crippen LogP contribution < -0.4 is 0 Å². The molecule has 0 aromatic carbocycles. The third-order valence-electron chi connectivity index (χ3n) is 16.2. The highest BCUT2D eigenvalue weighted by molar-refractivity contribution is 4.65. The summed E-state index contributed by atoms with van der Waals surface area (Å²) in [5, 5.41) is 0. The van der Waals surface area contributed by atoms with Gasteiger partial charge in [-0.2, -0.15) is 0 Å². The van der Waals surface area contributed by atoms with Crippen molar-refractivity contribution in [1.82, 2.24) is 0 Å². The maximum Gasteiger partial charge on any atom is -0.0414 e. The molecule has 2 bridgehead atoms. The van der Waals surface area contributed by atoms with Crippen LogP contribution in [0.15, 0.2) is 0 Å². The zero-order valence-corrected chi connectivity index (χ0v) is 42.9. The van der Waals surface area contributed by atoms with E-state index in [0.29, 0.717) is 0 Å². The van der Waals surface area contributed by atoms with Crippen molar-refractivity contribution in [2.45, 2.75) is 379 Å². The van der Waals surface area contributed by atoms with E-state index >= 15 is 0 Å². The first-order chi connectivity index (χ1) is 30.4. The number of fused-ring (bicyclic) bond motifs is 10. The maximum atomic E-state index is 1.54. The second-order valence-corrected chi connectivity index (χ2v) is 22.2. The van der Waals surface area contributed by atoms with Gasteiger partial charge in [0.05, 0.1) is 0 Å². The molecule has 2 atom stereocenters. The lowest BCUT2D eigenvalue weighted by Gasteiger charge is -2.18. The highest BCUT2D eigenvalue weighted by Crippen LogP contribution is 2.28. The molecule has 0 saturated heterocycles. The largest absolute Gasteiger partial charge is 0.0533 e. The molecule has 2 saturated carbocycles. The van der Waals surface area contributed by atoms with Crippen LogP contribution >= 0.6 is 0 Å². The zero-order chi connectivity index (χ0) is 42.9. The molecule has 2 aliphatic rings. The summed E-state index contributed by atoms with van der Waals surface area (Å²) in [5.41, 5.74) is 0. The molecule has 2 aliphatic carbocycles. The van der Waals surface area contributed by atoms with Crippen LogP contribution in [-0.4, -0.2) is 0 Å². The standard InChI is InChI=1S/C61H120/c1-2-4-6-8-10-12-14-16-18-20-22-24-26-28-31-36-42-48-54-60-56-50-44-38-33-30-34-39-45-51-57-61(59-53-47-41-35-40-46-52-58-60)55-49-43-37-32-29-27-25-23-21-19-17-15-13-11-9-7-5-3-1/h60-61H,1-59H2. The molecular formula is C61H120. The molecule has 0 spiro atoms. The molecule has 0 heteroatoms. The summed E-state index contributed by atoms with van der Waals surface area (Å²) in [7, 11) is 0. The first kappa shape index (κ1) is 57.1. The number of hydrogen-bond acceptors (Lipinski definition) is 0. The highest BCUT2D eigenvalue weighted by Gasteiger charge is 2.11. The van der Waals surface area contributed by atoms with Crippen LogP contribution in [0.1, 0.15) is 379 Å². The molecule has 0 N–H and O–H groups in total. The molecule has 61 heavy (non-hydrogen) atoms. The smallest absolute Gasteiger partial charge is 0.0414 e. The fourth-order valence-electron chi connectivity index (χ4n) is 11.8. The van der Waals surface area contributed by atoms with E-state index in [9.17, 15) is 0 Å². The van der Waals surface area contributed by atoms with Crippen LogP contribution in [0.25, 0.3) is 0 Å². The van der Waals surface area contributed by atoms with Crippen LogP contribution in [0.3, 0.4) is 0 Å². The molecule has 0 aliphatic heterocycles. The summed E-state index contributed by atoms with van der Waals surface area (Å²) in [5.74, 6) is 2.08. The van der Waals surface area contributed by atoms with Crippen molar-refractivity contribution in [3.63, 3.8) is 0 Å². The Balaban J connectivity index is 1.67. The lowest BCUT2D eigenvalue weighted by Crippen LogP contribution is -2.02. The van der Waals surface area contributed by atoms with Crippen molar-refractivity contribution in [3.05, 3.63) is 0 Å². The van der Waals surface area contributed by atoms with Gasteiger partial charge in [0, 0.05) is 0 Å². The molecule has 0 aromatic heterocycles. The van der Waals surface area contributed by atoms with Crippen LogP contribution in [0.5, 0.6) is 0 Å². The van der Waals surface area contributed by atoms with Gasteiger partial charge in [-0.1, -0.05) is 379 Å². The second kappa shape index (κ2) is 49.4. The highest BCUT2D eigenvalue weighted by atomic mass is 14.2. The number of rotatable bonds is 0. The Kier molecular flexibility index (Phi) is 46.3. The van der Waals surface area contributed by atoms with Gasteiger partial charge in [0.15, 0.2) is 0 Å². The average Bonchev–Trinajstić information content (AvgIpc) is 3.27. The van der Waals surface area contributed by atoms with Crippen molar-refractivity contribution in [2.24, 2.45) is 11.8 Å². The van der Waals surface area contributed by atoms with Gasteiger partial charge < -0.3 is 0 Å². The van der Waals surface area contributed by atoms with Crippen molar-refractivity contribution >= 4 is 0 Å². The van der Waals surface area contributed by atoms with E-state index in [0.717, 1.165) is 11.8 Å². The predicted molar refractivity (Wildman–Crippen MR) is 279 cm³/mol. The van der Waals surface area contributed by atoms with Gasteiger partial charge in [0.1, 0.15) is 0 Å². The third-order valence-corrected chi connectivity index (χ3v) is 16.2. The van der Waals surface area contributed by atoms with E-state index in [1.165, 1.54) is 340 Å². The first-order valence-corrected chi connectivity index (χ1v) is 30.4. The Labute approximate surface area is 389 Å². The molecule has 2 rings (SSSR count). The molecule has 0 radical (unpaired) electrons. The minimum atomic E-state index is 1.04. The summed E-state index contributed by atoms with van der Waals surface area (Å²) in [6.07, 6.45) is 89.1. The van der Waals surface area contributed by atoms with E-state index in [1.54, 1.807) is 38.5 Å². The molecule has 364 valence electrons. The average molecular weight is 854 g/mol. The summed E-state index contributed by atoms with van der Waals surface area (Å²) in [6, 6.07) is 0. The molecular weight excluding hydrogens is 733 g/mol. The van der Waals surface area contributed by atoms with Gasteiger partial charge in [0.25, 0.3) is 0 Å². The third kappa shape index (κ3) is 43.7. The first-order valence-electron chi connectivity index (χ1n) is 30.4. The Morgan fingerprint density at radius 2 is 0.148 bits per heavy atom. The van der Waals surface area contributed by atoms with Gasteiger partial charge in [0.2, 0.25) is 0 Å².